The van der Waals surface area contributed by atoms with E-state index in [4.69, 9.17) is 4.74 Å². The van der Waals surface area contributed by atoms with Crippen LogP contribution in [0.3, 0.4) is 0 Å². The first kappa shape index (κ1) is 21.9. The number of methoxy groups -OCH3 is 1. The molecule has 1 aliphatic heterocycles. The molecule has 3 amide bonds. The predicted octanol–water partition coefficient (Wildman–Crippen LogP) is 4.72. The van der Waals surface area contributed by atoms with Crippen molar-refractivity contribution in [2.24, 2.45) is 11.8 Å². The van der Waals surface area contributed by atoms with Gasteiger partial charge in [0.05, 0.1) is 40.6 Å². The number of ether oxygens (including phenoxy) is 1. The zero-order valence-corrected chi connectivity index (χ0v) is 19.7. The maximum atomic E-state index is 12.9. The smallest absolute Gasteiger partial charge is 0.237 e. The van der Waals surface area contributed by atoms with E-state index >= 15 is 0 Å². The van der Waals surface area contributed by atoms with E-state index in [0.717, 1.165) is 40.2 Å². The van der Waals surface area contributed by atoms with Crippen LogP contribution in [-0.2, 0) is 14.4 Å². The molecule has 33 heavy (non-hydrogen) atoms. The second kappa shape index (κ2) is 9.15. The molecule has 170 valence electrons. The zero-order valence-electron chi connectivity index (χ0n) is 18.1. The molecule has 3 aromatic rings. The quantitative estimate of drug-likeness (QED) is 0.405. The summed E-state index contributed by atoms with van der Waals surface area (Å²) in [4.78, 5) is 44.1. The summed E-state index contributed by atoms with van der Waals surface area (Å²) in [5, 5.41) is 2.86. The van der Waals surface area contributed by atoms with Crippen LogP contribution in [0.25, 0.3) is 10.2 Å². The number of hydrogen-bond donors (Lipinski definition) is 1. The standard InChI is InChI=1S/C24H23N3O4S2/c1-31-16-6-4-5-14(11-16)25-21(28)13-32-24-26-19-10-9-15(12-20(19)33-24)27-22(29)17-7-2-3-8-18(17)23(27)30/h4-6,9-12,17-18H,2-3,7-8,13H2,1H3,(H,25,28)/t17-,18-/m1/s1. The van der Waals surface area contributed by atoms with Crippen LogP contribution >= 0.6 is 23.1 Å². The largest absolute Gasteiger partial charge is 0.497 e. The summed E-state index contributed by atoms with van der Waals surface area (Å²) < 4.78 is 6.82. The van der Waals surface area contributed by atoms with Crippen LogP contribution in [0.1, 0.15) is 25.7 Å². The topological polar surface area (TPSA) is 88.6 Å². The highest BCUT2D eigenvalue weighted by Crippen LogP contribution is 2.41. The van der Waals surface area contributed by atoms with Crippen LogP contribution in [0.4, 0.5) is 11.4 Å². The van der Waals surface area contributed by atoms with Gasteiger partial charge in [0.15, 0.2) is 4.34 Å². The van der Waals surface area contributed by atoms with E-state index in [1.807, 2.05) is 24.3 Å². The molecule has 7 nitrogen and oxygen atoms in total. The van der Waals surface area contributed by atoms with Gasteiger partial charge in [0.2, 0.25) is 17.7 Å². The lowest BCUT2D eigenvalue weighted by molar-refractivity contribution is -0.122. The molecule has 0 unspecified atom stereocenters. The Bertz CT molecular complexity index is 1220. The second-order valence-electron chi connectivity index (χ2n) is 8.21. The van der Waals surface area contributed by atoms with Gasteiger partial charge < -0.3 is 10.1 Å². The molecule has 0 radical (unpaired) electrons. The third-order valence-electron chi connectivity index (χ3n) is 6.13. The Morgan fingerprint density at radius 1 is 1.15 bits per heavy atom. The van der Waals surface area contributed by atoms with E-state index in [1.165, 1.54) is 28.0 Å². The molecular formula is C24H23N3O4S2. The van der Waals surface area contributed by atoms with E-state index in [-0.39, 0.29) is 35.3 Å². The second-order valence-corrected chi connectivity index (χ2v) is 10.5. The van der Waals surface area contributed by atoms with Crippen LogP contribution in [0, 0.1) is 11.8 Å². The van der Waals surface area contributed by atoms with Gasteiger partial charge >= 0.3 is 0 Å². The number of thioether (sulfide) groups is 1. The Morgan fingerprint density at radius 3 is 2.64 bits per heavy atom. The maximum Gasteiger partial charge on any atom is 0.237 e. The van der Waals surface area contributed by atoms with E-state index in [2.05, 4.69) is 10.3 Å². The number of rotatable bonds is 6. The summed E-state index contributed by atoms with van der Waals surface area (Å²) in [5.41, 5.74) is 2.08. The maximum absolute atomic E-state index is 12.9. The lowest BCUT2D eigenvalue weighted by atomic mass is 9.81. The average Bonchev–Trinajstić information content (AvgIpc) is 3.35. The molecule has 1 aromatic heterocycles. The van der Waals surface area contributed by atoms with E-state index in [9.17, 15) is 14.4 Å². The first-order chi connectivity index (χ1) is 16.0. The molecule has 0 bridgehead atoms. The summed E-state index contributed by atoms with van der Waals surface area (Å²) in [6.07, 6.45) is 3.61. The minimum atomic E-state index is -0.169. The van der Waals surface area contributed by atoms with E-state index in [0.29, 0.717) is 17.1 Å². The lowest BCUT2D eigenvalue weighted by Gasteiger charge is -2.19. The zero-order chi connectivity index (χ0) is 22.9. The third kappa shape index (κ3) is 4.35. The third-order valence-corrected chi connectivity index (χ3v) is 8.29. The number of carbonyl (C=O) groups excluding carboxylic acids is 3. The fourth-order valence-corrected chi connectivity index (χ4v) is 6.44. The van der Waals surface area contributed by atoms with Crippen molar-refractivity contribution in [3.8, 4) is 5.75 Å². The number of benzene rings is 2. The van der Waals surface area contributed by atoms with Gasteiger partial charge in [-0.15, -0.1) is 11.3 Å². The molecule has 1 aliphatic carbocycles. The Hall–Kier alpha value is -2.91. The number of hydrogen-bond acceptors (Lipinski definition) is 7. The van der Waals surface area contributed by atoms with Crippen LogP contribution in [0.2, 0.25) is 0 Å². The van der Waals surface area contributed by atoms with Crippen molar-refractivity contribution in [1.82, 2.24) is 4.98 Å². The van der Waals surface area contributed by atoms with Crippen LogP contribution in [0.15, 0.2) is 46.8 Å². The normalized spacial score (nSPS) is 20.2. The molecule has 2 atom stereocenters. The molecule has 2 fully saturated rings. The molecule has 2 aliphatic rings. The Morgan fingerprint density at radius 2 is 1.91 bits per heavy atom. The summed E-state index contributed by atoms with van der Waals surface area (Å²) >= 11 is 2.81. The van der Waals surface area contributed by atoms with Crippen LogP contribution < -0.4 is 15.0 Å². The highest BCUT2D eigenvalue weighted by atomic mass is 32.2. The number of nitrogens with zero attached hydrogens (tertiary/aromatic N) is 2. The highest BCUT2D eigenvalue weighted by Gasteiger charge is 2.48. The summed E-state index contributed by atoms with van der Waals surface area (Å²) in [7, 11) is 1.58. The number of aromatic nitrogens is 1. The summed E-state index contributed by atoms with van der Waals surface area (Å²) in [6.45, 7) is 0. The van der Waals surface area contributed by atoms with Crippen molar-refractivity contribution in [2.75, 3.05) is 23.1 Å². The van der Waals surface area contributed by atoms with E-state index in [1.54, 1.807) is 25.3 Å². The first-order valence-electron chi connectivity index (χ1n) is 10.9. The molecule has 0 spiro atoms. The predicted molar refractivity (Wildman–Crippen MR) is 130 cm³/mol. The minimum absolute atomic E-state index is 0.0719. The molecule has 1 saturated heterocycles. The number of nitrogens with one attached hydrogen (secondary N) is 1. The molecule has 1 saturated carbocycles. The van der Waals surface area contributed by atoms with Gasteiger partial charge in [-0.05, 0) is 43.2 Å². The lowest BCUT2D eigenvalue weighted by Crippen LogP contribution is -2.30. The van der Waals surface area contributed by atoms with Gasteiger partial charge in [-0.25, -0.2) is 4.98 Å². The van der Waals surface area contributed by atoms with Gasteiger partial charge in [-0.3, -0.25) is 19.3 Å². The molecule has 1 N–H and O–H groups in total. The van der Waals surface area contributed by atoms with Crippen molar-refractivity contribution in [1.29, 1.82) is 0 Å². The van der Waals surface area contributed by atoms with E-state index < -0.39 is 0 Å². The van der Waals surface area contributed by atoms with Crippen molar-refractivity contribution < 1.29 is 19.1 Å². The molecule has 2 aromatic carbocycles. The summed E-state index contributed by atoms with van der Waals surface area (Å²) in [6, 6.07) is 12.7. The highest BCUT2D eigenvalue weighted by molar-refractivity contribution is 8.01. The van der Waals surface area contributed by atoms with Gasteiger partial charge in [-0.1, -0.05) is 30.7 Å². The Labute approximate surface area is 199 Å². The van der Waals surface area contributed by atoms with Crippen LogP contribution in [-0.4, -0.2) is 35.6 Å². The SMILES string of the molecule is COc1cccc(NC(=O)CSc2nc3ccc(N4C(=O)[C@@H]5CCCC[C@H]5C4=O)cc3s2)c1. The van der Waals surface area contributed by atoms with Crippen molar-refractivity contribution in [2.45, 2.75) is 30.0 Å². The first-order valence-corrected chi connectivity index (χ1v) is 12.7. The fourth-order valence-electron chi connectivity index (χ4n) is 4.53. The monoisotopic (exact) mass is 481 g/mol. The van der Waals surface area contributed by atoms with Crippen LogP contribution in [0.5, 0.6) is 5.75 Å². The van der Waals surface area contributed by atoms with Gasteiger partial charge in [0.25, 0.3) is 0 Å². The molecular weight excluding hydrogens is 458 g/mol. The minimum Gasteiger partial charge on any atom is -0.497 e. The van der Waals surface area contributed by atoms with Gasteiger partial charge in [-0.2, -0.15) is 0 Å². The summed E-state index contributed by atoms with van der Waals surface area (Å²) in [5.74, 6) is 0.279. The number of imide groups is 1. The van der Waals surface area contributed by atoms with Crippen molar-refractivity contribution in [3.63, 3.8) is 0 Å². The Balaban J connectivity index is 1.27. The fraction of sp³-hybridized carbons (Fsp3) is 0.333. The average molecular weight is 482 g/mol. The number of anilines is 2. The number of carbonyl (C=O) groups is 3. The molecule has 5 rings (SSSR count). The number of amides is 3. The van der Waals surface area contributed by atoms with Gasteiger partial charge in [0.1, 0.15) is 5.75 Å². The number of thiazole rings is 1. The molecule has 2 heterocycles. The Kier molecular flexibility index (Phi) is 6.07. The van der Waals surface area contributed by atoms with Crippen molar-refractivity contribution in [3.05, 3.63) is 42.5 Å². The van der Waals surface area contributed by atoms with Gasteiger partial charge in [0, 0.05) is 11.8 Å². The number of fused-ring (bicyclic) bond motifs is 2. The van der Waals surface area contributed by atoms with Crippen molar-refractivity contribution >= 4 is 62.4 Å². The molecule has 9 heteroatoms.